The van der Waals surface area contributed by atoms with E-state index in [2.05, 4.69) is 11.1 Å². The fourth-order valence-electron chi connectivity index (χ4n) is 2.20. The van der Waals surface area contributed by atoms with Crippen molar-refractivity contribution >= 4 is 10.9 Å². The largest absolute Gasteiger partial charge is 0.358 e. The number of aryl methyl sites for hydroxylation is 1. The third kappa shape index (κ3) is 2.53. The van der Waals surface area contributed by atoms with Crippen LogP contribution in [-0.4, -0.2) is 4.98 Å². The summed E-state index contributed by atoms with van der Waals surface area (Å²) in [5, 5.41) is 1.11. The molecule has 0 saturated carbocycles. The van der Waals surface area contributed by atoms with E-state index >= 15 is 0 Å². The monoisotopic (exact) mass is 255 g/mol. The van der Waals surface area contributed by atoms with Gasteiger partial charge >= 0.3 is 0 Å². The molecule has 3 aromatic rings. The van der Waals surface area contributed by atoms with E-state index in [0.717, 1.165) is 22.2 Å². The van der Waals surface area contributed by atoms with Crippen LogP contribution in [0.25, 0.3) is 22.0 Å². The van der Waals surface area contributed by atoms with Gasteiger partial charge < -0.3 is 4.98 Å². The molecule has 2 heteroatoms. The number of halogens is 1. The Hall–Kier alpha value is -2.09. The number of hydrogen-bond acceptors (Lipinski definition) is 0. The molecule has 1 heterocycles. The molecule has 0 aliphatic rings. The molecule has 0 aliphatic carbocycles. The van der Waals surface area contributed by atoms with Crippen molar-refractivity contribution in [2.24, 2.45) is 0 Å². The topological polar surface area (TPSA) is 15.8 Å². The first-order valence-electron chi connectivity index (χ1n) is 6.59. The second-order valence-corrected chi connectivity index (χ2v) is 4.20. The van der Waals surface area contributed by atoms with E-state index in [1.807, 2.05) is 45.0 Å². The molecule has 0 aliphatic heterocycles. The van der Waals surface area contributed by atoms with Crippen molar-refractivity contribution in [1.29, 1.82) is 0 Å². The van der Waals surface area contributed by atoms with Crippen LogP contribution in [0.5, 0.6) is 0 Å². The molecular formula is C17H18FN. The van der Waals surface area contributed by atoms with Gasteiger partial charge in [0.1, 0.15) is 5.82 Å². The number of rotatable bonds is 1. The van der Waals surface area contributed by atoms with Gasteiger partial charge in [0.05, 0.1) is 5.52 Å². The molecule has 19 heavy (non-hydrogen) atoms. The molecule has 0 radical (unpaired) electrons. The molecule has 1 N–H and O–H groups in total. The molecule has 0 saturated heterocycles. The van der Waals surface area contributed by atoms with Gasteiger partial charge in [-0.2, -0.15) is 0 Å². The number of fused-ring (bicyclic) bond motifs is 1. The summed E-state index contributed by atoms with van der Waals surface area (Å²) in [5.74, 6) is -0.188. The number of hydrogen-bond donors (Lipinski definition) is 1. The van der Waals surface area contributed by atoms with Gasteiger partial charge in [-0.25, -0.2) is 4.39 Å². The second-order valence-electron chi connectivity index (χ2n) is 4.20. The maximum absolute atomic E-state index is 13.8. The molecule has 98 valence electrons. The smallest absolute Gasteiger partial charge is 0.131 e. The van der Waals surface area contributed by atoms with Crippen LogP contribution in [0.15, 0.2) is 48.5 Å². The maximum Gasteiger partial charge on any atom is 0.131 e. The third-order valence-electron chi connectivity index (χ3n) is 2.95. The first-order valence-corrected chi connectivity index (χ1v) is 6.59. The fraction of sp³-hybridized carbons (Fsp3) is 0.176. The lowest BCUT2D eigenvalue weighted by molar-refractivity contribution is 0.631. The minimum absolute atomic E-state index is 0.188. The summed E-state index contributed by atoms with van der Waals surface area (Å²) in [7, 11) is 0. The average molecular weight is 255 g/mol. The summed E-state index contributed by atoms with van der Waals surface area (Å²) in [6.07, 6.45) is 0. The lowest BCUT2D eigenvalue weighted by atomic mass is 10.0. The van der Waals surface area contributed by atoms with E-state index in [9.17, 15) is 4.39 Å². The van der Waals surface area contributed by atoms with Gasteiger partial charge in [-0.05, 0) is 19.1 Å². The van der Waals surface area contributed by atoms with Gasteiger partial charge in [0.15, 0.2) is 0 Å². The van der Waals surface area contributed by atoms with Crippen LogP contribution in [0, 0.1) is 12.7 Å². The summed E-state index contributed by atoms with van der Waals surface area (Å²) < 4.78 is 13.8. The Morgan fingerprint density at radius 1 is 0.895 bits per heavy atom. The molecule has 0 atom stereocenters. The molecule has 1 nitrogen and oxygen atoms in total. The Morgan fingerprint density at radius 3 is 2.32 bits per heavy atom. The average Bonchev–Trinajstić information content (AvgIpc) is 2.82. The van der Waals surface area contributed by atoms with Crippen LogP contribution in [0.2, 0.25) is 0 Å². The lowest BCUT2D eigenvalue weighted by Gasteiger charge is -2.04. The zero-order chi connectivity index (χ0) is 13.8. The summed E-state index contributed by atoms with van der Waals surface area (Å²) >= 11 is 0. The number of nitrogens with one attached hydrogen (secondary N) is 1. The predicted molar refractivity (Wildman–Crippen MR) is 79.8 cm³/mol. The van der Waals surface area contributed by atoms with Gasteiger partial charge in [0.2, 0.25) is 0 Å². The molecule has 1 aromatic heterocycles. The van der Waals surface area contributed by atoms with E-state index in [4.69, 9.17) is 0 Å². The number of aromatic amines is 1. The van der Waals surface area contributed by atoms with E-state index in [-0.39, 0.29) is 5.82 Å². The summed E-state index contributed by atoms with van der Waals surface area (Å²) in [4.78, 5) is 3.29. The van der Waals surface area contributed by atoms with E-state index in [1.165, 1.54) is 6.07 Å². The maximum atomic E-state index is 13.8. The number of aromatic nitrogens is 1. The van der Waals surface area contributed by atoms with Crippen LogP contribution in [0.1, 0.15) is 19.5 Å². The molecule has 0 unspecified atom stereocenters. The summed E-state index contributed by atoms with van der Waals surface area (Å²) in [5.41, 5.74) is 3.63. The SMILES string of the molecule is CC.Cc1cc2cccc(-c3ccccc3F)c2[nH]1. The minimum Gasteiger partial charge on any atom is -0.358 e. The van der Waals surface area contributed by atoms with E-state index in [1.54, 1.807) is 12.1 Å². The van der Waals surface area contributed by atoms with Gasteiger partial charge in [-0.3, -0.25) is 0 Å². The zero-order valence-electron chi connectivity index (χ0n) is 11.5. The van der Waals surface area contributed by atoms with Crippen molar-refractivity contribution in [3.8, 4) is 11.1 Å². The highest BCUT2D eigenvalue weighted by atomic mass is 19.1. The quantitative estimate of drug-likeness (QED) is 0.606. The van der Waals surface area contributed by atoms with Crippen molar-refractivity contribution in [3.63, 3.8) is 0 Å². The van der Waals surface area contributed by atoms with Crippen LogP contribution >= 0.6 is 0 Å². The van der Waals surface area contributed by atoms with Gasteiger partial charge in [-0.15, -0.1) is 0 Å². The van der Waals surface area contributed by atoms with Crippen LogP contribution in [0.4, 0.5) is 4.39 Å². The van der Waals surface area contributed by atoms with Crippen molar-refractivity contribution in [3.05, 3.63) is 60.0 Å². The van der Waals surface area contributed by atoms with Gasteiger partial charge in [0.25, 0.3) is 0 Å². The molecule has 2 aromatic carbocycles. The molecular weight excluding hydrogens is 237 g/mol. The zero-order valence-corrected chi connectivity index (χ0v) is 11.5. The lowest BCUT2D eigenvalue weighted by Crippen LogP contribution is -1.85. The van der Waals surface area contributed by atoms with E-state index in [0.29, 0.717) is 5.56 Å². The third-order valence-corrected chi connectivity index (χ3v) is 2.95. The Bertz CT molecular complexity index is 683. The molecule has 0 fully saturated rings. The number of para-hydroxylation sites is 1. The Kier molecular flexibility index (Phi) is 4.00. The standard InChI is InChI=1S/C15H12FN.C2H6/c1-10-9-11-5-4-7-13(15(11)17-10)12-6-2-3-8-14(12)16;1-2/h2-9,17H,1H3;1-2H3. The first kappa shape index (κ1) is 13.3. The first-order chi connectivity index (χ1) is 9.25. The summed E-state index contributed by atoms with van der Waals surface area (Å²) in [6.45, 7) is 6.01. The molecule has 0 amide bonds. The highest BCUT2D eigenvalue weighted by molar-refractivity contribution is 5.94. The highest BCUT2D eigenvalue weighted by Crippen LogP contribution is 2.30. The number of benzene rings is 2. The number of H-pyrrole nitrogens is 1. The predicted octanol–water partition coefficient (Wildman–Crippen LogP) is 5.31. The Labute approximate surface area is 113 Å². The van der Waals surface area contributed by atoms with Crippen LogP contribution in [0.3, 0.4) is 0 Å². The van der Waals surface area contributed by atoms with Crippen LogP contribution in [-0.2, 0) is 0 Å². The van der Waals surface area contributed by atoms with E-state index < -0.39 is 0 Å². The highest BCUT2D eigenvalue weighted by Gasteiger charge is 2.09. The fourth-order valence-corrected chi connectivity index (χ4v) is 2.20. The van der Waals surface area contributed by atoms with Crippen molar-refractivity contribution < 1.29 is 4.39 Å². The molecule has 0 spiro atoms. The normalized spacial score (nSPS) is 10.1. The van der Waals surface area contributed by atoms with Crippen LogP contribution < -0.4 is 0 Å². The molecule has 3 rings (SSSR count). The van der Waals surface area contributed by atoms with Gasteiger partial charge in [0, 0.05) is 22.2 Å². The minimum atomic E-state index is -0.188. The molecule has 0 bridgehead atoms. The van der Waals surface area contributed by atoms with Crippen molar-refractivity contribution in [1.82, 2.24) is 4.98 Å². The Balaban J connectivity index is 0.000000637. The van der Waals surface area contributed by atoms with Gasteiger partial charge in [-0.1, -0.05) is 50.2 Å². The summed E-state index contributed by atoms with van der Waals surface area (Å²) in [6, 6.07) is 14.9. The van der Waals surface area contributed by atoms with Crippen molar-refractivity contribution in [2.75, 3.05) is 0 Å². The van der Waals surface area contributed by atoms with Crippen molar-refractivity contribution in [2.45, 2.75) is 20.8 Å². The Morgan fingerprint density at radius 2 is 1.58 bits per heavy atom. The second kappa shape index (κ2) is 5.70.